The molecule has 17 heavy (non-hydrogen) atoms. The predicted molar refractivity (Wildman–Crippen MR) is 73.0 cm³/mol. The lowest BCUT2D eigenvalue weighted by Crippen LogP contribution is -1.87. The summed E-state index contributed by atoms with van der Waals surface area (Å²) in [6.07, 6.45) is 0. The van der Waals surface area contributed by atoms with E-state index < -0.39 is 0 Å². The van der Waals surface area contributed by atoms with Crippen LogP contribution in [0.2, 0.25) is 20.1 Å². The quantitative estimate of drug-likeness (QED) is 0.610. The van der Waals surface area contributed by atoms with Gasteiger partial charge in [-0.25, -0.2) is 0 Å². The van der Waals surface area contributed by atoms with E-state index in [-0.39, 0.29) is 5.02 Å². The zero-order valence-corrected chi connectivity index (χ0v) is 11.4. The van der Waals surface area contributed by atoms with E-state index in [1.54, 1.807) is 36.4 Å². The molecule has 0 saturated carbocycles. The van der Waals surface area contributed by atoms with Crippen molar-refractivity contribution in [3.05, 3.63) is 56.5 Å². The molecule has 0 aromatic heterocycles. The molecule has 2 aromatic rings. The molecule has 0 atom stereocenters. The first-order chi connectivity index (χ1) is 8.08. The van der Waals surface area contributed by atoms with E-state index in [2.05, 4.69) is 0 Å². The van der Waals surface area contributed by atoms with Crippen LogP contribution in [0, 0.1) is 0 Å². The van der Waals surface area contributed by atoms with Gasteiger partial charge in [-0.1, -0.05) is 46.4 Å². The lowest BCUT2D eigenvalue weighted by atomic mass is 10.3. The normalized spacial score (nSPS) is 10.4. The van der Waals surface area contributed by atoms with Crippen LogP contribution in [0.1, 0.15) is 0 Å². The highest BCUT2D eigenvalue weighted by molar-refractivity contribution is 6.44. The maximum absolute atomic E-state index is 6.01. The van der Waals surface area contributed by atoms with Gasteiger partial charge in [-0.05, 0) is 36.4 Å². The second-order valence-corrected chi connectivity index (χ2v) is 4.86. The van der Waals surface area contributed by atoms with Gasteiger partial charge in [-0.2, -0.15) is 0 Å². The second-order valence-electron chi connectivity index (χ2n) is 3.23. The zero-order valence-electron chi connectivity index (χ0n) is 8.38. The molecule has 0 aliphatic heterocycles. The summed E-state index contributed by atoms with van der Waals surface area (Å²) in [5.41, 5.74) is 0. The largest absolute Gasteiger partial charge is 0.454 e. The van der Waals surface area contributed by atoms with Crippen LogP contribution < -0.4 is 4.74 Å². The molecule has 0 N–H and O–H groups in total. The van der Waals surface area contributed by atoms with Gasteiger partial charge in [0.15, 0.2) is 5.75 Å². The molecule has 88 valence electrons. The fourth-order valence-electron chi connectivity index (χ4n) is 1.22. The Morgan fingerprint density at radius 1 is 0.706 bits per heavy atom. The molecule has 0 saturated heterocycles. The van der Waals surface area contributed by atoms with Gasteiger partial charge in [0.05, 0.1) is 10.0 Å². The molecular weight excluding hydrogens is 302 g/mol. The van der Waals surface area contributed by atoms with Crippen molar-refractivity contribution in [3.8, 4) is 11.5 Å². The summed E-state index contributed by atoms with van der Waals surface area (Å²) < 4.78 is 5.57. The average molecular weight is 308 g/mol. The molecule has 0 aliphatic carbocycles. The highest BCUT2D eigenvalue weighted by Gasteiger charge is 2.11. The number of hydrogen-bond donors (Lipinski definition) is 0. The first-order valence-electron chi connectivity index (χ1n) is 4.65. The summed E-state index contributed by atoms with van der Waals surface area (Å²) >= 11 is 23.7. The van der Waals surface area contributed by atoms with Crippen molar-refractivity contribution < 1.29 is 4.74 Å². The van der Waals surface area contributed by atoms with Crippen molar-refractivity contribution in [2.24, 2.45) is 0 Å². The van der Waals surface area contributed by atoms with Crippen molar-refractivity contribution in [1.82, 2.24) is 0 Å². The number of benzene rings is 2. The average Bonchev–Trinajstić information content (AvgIpc) is 2.32. The van der Waals surface area contributed by atoms with Gasteiger partial charge in [-0.15, -0.1) is 0 Å². The second kappa shape index (κ2) is 5.36. The third-order valence-corrected chi connectivity index (χ3v) is 3.37. The molecular formula is C12H6Cl4O. The zero-order chi connectivity index (χ0) is 12.4. The van der Waals surface area contributed by atoms with Crippen LogP contribution >= 0.6 is 46.4 Å². The Morgan fingerprint density at radius 2 is 1.29 bits per heavy atom. The summed E-state index contributed by atoms with van der Waals surface area (Å²) in [6, 6.07) is 10.1. The van der Waals surface area contributed by atoms with Crippen LogP contribution in [0.4, 0.5) is 0 Å². The molecule has 5 heteroatoms. The van der Waals surface area contributed by atoms with E-state index in [1.165, 1.54) is 0 Å². The first kappa shape index (κ1) is 12.8. The van der Waals surface area contributed by atoms with Crippen LogP contribution in [0.3, 0.4) is 0 Å². The third-order valence-electron chi connectivity index (χ3n) is 2.04. The summed E-state index contributed by atoms with van der Waals surface area (Å²) in [5, 5.41) is 1.70. The molecule has 2 rings (SSSR count). The number of halogens is 4. The Labute approximate surface area is 119 Å². The lowest BCUT2D eigenvalue weighted by Gasteiger charge is -2.10. The molecule has 0 aliphatic rings. The minimum Gasteiger partial charge on any atom is -0.454 e. The summed E-state index contributed by atoms with van der Waals surface area (Å²) in [4.78, 5) is 0. The van der Waals surface area contributed by atoms with Gasteiger partial charge in [0.25, 0.3) is 0 Å². The Kier molecular flexibility index (Phi) is 4.05. The fourth-order valence-corrected chi connectivity index (χ4v) is 1.95. The predicted octanol–water partition coefficient (Wildman–Crippen LogP) is 6.09. The Balaban J connectivity index is 2.36. The van der Waals surface area contributed by atoms with Gasteiger partial charge in [0.2, 0.25) is 0 Å². The van der Waals surface area contributed by atoms with Gasteiger partial charge in [-0.3, -0.25) is 0 Å². The molecule has 0 bridgehead atoms. The van der Waals surface area contributed by atoms with E-state index in [1.807, 2.05) is 0 Å². The number of rotatable bonds is 2. The van der Waals surface area contributed by atoms with Crippen LogP contribution in [0.5, 0.6) is 11.5 Å². The molecule has 0 spiro atoms. The van der Waals surface area contributed by atoms with Gasteiger partial charge >= 0.3 is 0 Å². The molecule has 0 unspecified atom stereocenters. The smallest absolute Gasteiger partial charge is 0.166 e. The number of hydrogen-bond acceptors (Lipinski definition) is 1. The van der Waals surface area contributed by atoms with Crippen molar-refractivity contribution in [2.75, 3.05) is 0 Å². The minimum absolute atomic E-state index is 0.286. The summed E-state index contributed by atoms with van der Waals surface area (Å²) in [7, 11) is 0. The van der Waals surface area contributed by atoms with Crippen molar-refractivity contribution in [1.29, 1.82) is 0 Å². The Hall–Kier alpha value is -0.600. The van der Waals surface area contributed by atoms with E-state index in [9.17, 15) is 0 Å². The minimum atomic E-state index is 0.286. The van der Waals surface area contributed by atoms with Crippen molar-refractivity contribution in [3.63, 3.8) is 0 Å². The molecule has 0 radical (unpaired) electrons. The Bertz CT molecular complexity index is 537. The van der Waals surface area contributed by atoms with Crippen LogP contribution in [-0.2, 0) is 0 Å². The molecule has 1 nitrogen and oxygen atoms in total. The van der Waals surface area contributed by atoms with E-state index in [4.69, 9.17) is 51.1 Å². The lowest BCUT2D eigenvalue weighted by molar-refractivity contribution is 0.483. The standard InChI is InChI=1S/C12H6Cl4O/c13-7-1-3-8(4-2-7)17-12-10(15)6-5-9(14)11(12)16/h1-6H. The SMILES string of the molecule is Clc1ccc(Oc2c(Cl)ccc(Cl)c2Cl)cc1. The van der Waals surface area contributed by atoms with Crippen molar-refractivity contribution >= 4 is 46.4 Å². The Morgan fingerprint density at radius 3 is 1.94 bits per heavy atom. The fraction of sp³-hybridized carbons (Fsp3) is 0. The topological polar surface area (TPSA) is 9.23 Å². The molecule has 0 fully saturated rings. The summed E-state index contributed by atoms with van der Waals surface area (Å²) in [6.45, 7) is 0. The highest BCUT2D eigenvalue weighted by atomic mass is 35.5. The third kappa shape index (κ3) is 2.99. The molecule has 0 heterocycles. The highest BCUT2D eigenvalue weighted by Crippen LogP contribution is 2.40. The monoisotopic (exact) mass is 306 g/mol. The van der Waals surface area contributed by atoms with Gasteiger partial charge in [0, 0.05) is 5.02 Å². The van der Waals surface area contributed by atoms with E-state index in [0.717, 1.165) is 0 Å². The molecule has 0 amide bonds. The van der Waals surface area contributed by atoms with E-state index >= 15 is 0 Å². The summed E-state index contributed by atoms with van der Waals surface area (Å²) in [5.74, 6) is 0.920. The van der Waals surface area contributed by atoms with Crippen LogP contribution in [0.15, 0.2) is 36.4 Å². The maximum atomic E-state index is 6.01. The maximum Gasteiger partial charge on any atom is 0.166 e. The first-order valence-corrected chi connectivity index (χ1v) is 6.16. The number of ether oxygens (including phenoxy) is 1. The van der Waals surface area contributed by atoms with Crippen LogP contribution in [-0.4, -0.2) is 0 Å². The van der Waals surface area contributed by atoms with Crippen LogP contribution in [0.25, 0.3) is 0 Å². The van der Waals surface area contributed by atoms with E-state index in [0.29, 0.717) is 26.6 Å². The molecule has 2 aromatic carbocycles. The van der Waals surface area contributed by atoms with Gasteiger partial charge in [0.1, 0.15) is 10.8 Å². The van der Waals surface area contributed by atoms with Gasteiger partial charge < -0.3 is 4.74 Å². The van der Waals surface area contributed by atoms with Crippen molar-refractivity contribution in [2.45, 2.75) is 0 Å².